The molecule has 0 saturated carbocycles. The lowest BCUT2D eigenvalue weighted by Gasteiger charge is -2.16. The van der Waals surface area contributed by atoms with Gasteiger partial charge in [0.25, 0.3) is 5.56 Å². The van der Waals surface area contributed by atoms with E-state index in [-0.39, 0.29) is 11.7 Å². The predicted octanol–water partition coefficient (Wildman–Crippen LogP) is 2.82. The second kappa shape index (κ2) is 6.92. The lowest BCUT2D eigenvalue weighted by Crippen LogP contribution is -2.25. The van der Waals surface area contributed by atoms with Gasteiger partial charge in [0.05, 0.1) is 18.7 Å². The summed E-state index contributed by atoms with van der Waals surface area (Å²) in [5.74, 6) is 0.886. The molecule has 1 atom stereocenters. The van der Waals surface area contributed by atoms with Crippen molar-refractivity contribution in [1.82, 2.24) is 24.1 Å². The largest absolute Gasteiger partial charge is 0.355 e. The monoisotopic (exact) mass is 370 g/mol. The zero-order valence-electron chi connectivity index (χ0n) is 14.4. The van der Waals surface area contributed by atoms with Gasteiger partial charge in [0.1, 0.15) is 23.4 Å². The van der Waals surface area contributed by atoms with Gasteiger partial charge in [0, 0.05) is 36.6 Å². The maximum atomic E-state index is 12.1. The Hall–Kier alpha value is -2.67. The van der Waals surface area contributed by atoms with Crippen molar-refractivity contribution in [3.05, 3.63) is 58.6 Å². The first kappa shape index (κ1) is 16.8. The number of pyridine rings is 1. The lowest BCUT2D eigenvalue weighted by atomic mass is 10.3. The molecule has 0 bridgehead atoms. The highest BCUT2D eigenvalue weighted by molar-refractivity contribution is 6.30. The van der Waals surface area contributed by atoms with Gasteiger partial charge in [-0.05, 0) is 25.8 Å². The van der Waals surface area contributed by atoms with Crippen molar-refractivity contribution in [3.8, 4) is 11.4 Å². The molecule has 0 radical (unpaired) electrons. The van der Waals surface area contributed by atoms with Crippen LogP contribution in [0.25, 0.3) is 11.4 Å². The molecule has 0 spiro atoms. The van der Waals surface area contributed by atoms with E-state index in [1.165, 1.54) is 18.9 Å². The number of hydrogen-bond acceptors (Lipinski definition) is 5. The molecule has 0 N–H and O–H groups in total. The van der Waals surface area contributed by atoms with E-state index >= 15 is 0 Å². The van der Waals surface area contributed by atoms with Gasteiger partial charge in [-0.2, -0.15) is 0 Å². The summed E-state index contributed by atoms with van der Waals surface area (Å²) in [6.45, 7) is 3.96. The van der Waals surface area contributed by atoms with E-state index in [4.69, 9.17) is 16.6 Å². The van der Waals surface area contributed by atoms with Crippen LogP contribution in [0.2, 0.25) is 5.02 Å². The van der Waals surface area contributed by atoms with E-state index in [0.717, 1.165) is 30.3 Å². The number of nitrogens with zero attached hydrogens (tertiary/aromatic N) is 6. The van der Waals surface area contributed by atoms with E-state index in [1.807, 2.05) is 17.7 Å². The Bertz CT molecular complexity index is 976. The summed E-state index contributed by atoms with van der Waals surface area (Å²) in [6.07, 6.45) is 10.9. The summed E-state index contributed by atoms with van der Waals surface area (Å²) in [7, 11) is 0. The van der Waals surface area contributed by atoms with Crippen LogP contribution < -0.4 is 10.5 Å². The Morgan fingerprint density at radius 3 is 2.77 bits per heavy atom. The Kier molecular flexibility index (Phi) is 4.46. The van der Waals surface area contributed by atoms with Gasteiger partial charge in [-0.15, -0.1) is 0 Å². The minimum atomic E-state index is -0.226. The molecule has 3 aromatic heterocycles. The second-order valence-electron chi connectivity index (χ2n) is 6.39. The summed E-state index contributed by atoms with van der Waals surface area (Å²) >= 11 is 5.87. The maximum absolute atomic E-state index is 12.1. The fraction of sp³-hybridized carbons (Fsp3) is 0.333. The number of hydrogen-bond donors (Lipinski definition) is 0. The average molecular weight is 371 g/mol. The zero-order valence-corrected chi connectivity index (χ0v) is 15.2. The third-order valence-electron chi connectivity index (χ3n) is 4.66. The maximum Gasteiger partial charge on any atom is 0.253 e. The first-order valence-corrected chi connectivity index (χ1v) is 8.98. The van der Waals surface area contributed by atoms with E-state index < -0.39 is 0 Å². The minimum absolute atomic E-state index is 0.156. The quantitative estimate of drug-likeness (QED) is 0.706. The van der Waals surface area contributed by atoms with Crippen LogP contribution in [0.1, 0.15) is 25.9 Å². The first-order chi connectivity index (χ1) is 12.6. The van der Waals surface area contributed by atoms with Crippen LogP contribution in [0, 0.1) is 0 Å². The number of halogens is 1. The average Bonchev–Trinajstić information content (AvgIpc) is 3.33. The van der Waals surface area contributed by atoms with Crippen molar-refractivity contribution >= 4 is 17.4 Å². The topological polar surface area (TPSA) is 68.8 Å². The fourth-order valence-electron chi connectivity index (χ4n) is 3.17. The van der Waals surface area contributed by atoms with Crippen LogP contribution in [0.15, 0.2) is 48.0 Å². The van der Waals surface area contributed by atoms with Crippen molar-refractivity contribution in [2.45, 2.75) is 25.9 Å². The molecule has 1 unspecified atom stereocenters. The van der Waals surface area contributed by atoms with E-state index in [2.05, 4.69) is 14.9 Å². The molecule has 0 aliphatic carbocycles. The van der Waals surface area contributed by atoms with Gasteiger partial charge in [0.15, 0.2) is 0 Å². The molecule has 0 aromatic carbocycles. The van der Waals surface area contributed by atoms with Gasteiger partial charge in [-0.25, -0.2) is 9.97 Å². The smallest absolute Gasteiger partial charge is 0.253 e. The molecule has 3 aromatic rings. The molecule has 0 amide bonds. The highest BCUT2D eigenvalue weighted by Crippen LogP contribution is 2.22. The van der Waals surface area contributed by atoms with Gasteiger partial charge in [-0.3, -0.25) is 14.3 Å². The predicted molar refractivity (Wildman–Crippen MR) is 101 cm³/mol. The van der Waals surface area contributed by atoms with Gasteiger partial charge < -0.3 is 9.47 Å². The molecule has 4 rings (SSSR count). The molecule has 1 fully saturated rings. The van der Waals surface area contributed by atoms with Crippen molar-refractivity contribution in [2.24, 2.45) is 0 Å². The Balaban J connectivity index is 1.61. The number of imidazole rings is 1. The molecule has 4 heterocycles. The number of aromatic nitrogens is 5. The summed E-state index contributed by atoms with van der Waals surface area (Å²) in [5.41, 5.74) is 1.30. The lowest BCUT2D eigenvalue weighted by molar-refractivity contribution is 0.456. The van der Waals surface area contributed by atoms with Crippen molar-refractivity contribution < 1.29 is 0 Å². The van der Waals surface area contributed by atoms with Crippen LogP contribution in [0.3, 0.4) is 0 Å². The Morgan fingerprint density at radius 2 is 2.00 bits per heavy atom. The molecule has 7 nitrogen and oxygen atoms in total. The Morgan fingerprint density at radius 1 is 1.19 bits per heavy atom. The van der Waals surface area contributed by atoms with Crippen LogP contribution in [-0.4, -0.2) is 37.2 Å². The molecule has 134 valence electrons. The first-order valence-electron chi connectivity index (χ1n) is 8.60. The zero-order chi connectivity index (χ0) is 18.1. The molecule has 1 aliphatic rings. The number of rotatable bonds is 4. The van der Waals surface area contributed by atoms with Crippen molar-refractivity contribution in [3.63, 3.8) is 0 Å². The highest BCUT2D eigenvalue weighted by Gasteiger charge is 2.16. The van der Waals surface area contributed by atoms with Crippen LogP contribution in [0.5, 0.6) is 0 Å². The van der Waals surface area contributed by atoms with Crippen molar-refractivity contribution in [2.75, 3.05) is 18.0 Å². The molecular weight excluding hydrogens is 352 g/mol. The van der Waals surface area contributed by atoms with Crippen LogP contribution >= 0.6 is 11.6 Å². The van der Waals surface area contributed by atoms with E-state index in [1.54, 1.807) is 35.6 Å². The molecule has 1 saturated heterocycles. The highest BCUT2D eigenvalue weighted by atomic mass is 35.5. The van der Waals surface area contributed by atoms with Crippen LogP contribution in [0.4, 0.5) is 5.82 Å². The fourth-order valence-corrected chi connectivity index (χ4v) is 3.32. The molecule has 26 heavy (non-hydrogen) atoms. The second-order valence-corrected chi connectivity index (χ2v) is 6.82. The summed E-state index contributed by atoms with van der Waals surface area (Å²) in [4.78, 5) is 27.8. The van der Waals surface area contributed by atoms with Gasteiger partial charge in [0.2, 0.25) is 0 Å². The third-order valence-corrected chi connectivity index (χ3v) is 4.90. The van der Waals surface area contributed by atoms with Crippen LogP contribution in [-0.2, 0) is 0 Å². The molecule has 8 heteroatoms. The summed E-state index contributed by atoms with van der Waals surface area (Å²) < 4.78 is 3.47. The molecule has 1 aliphatic heterocycles. The number of anilines is 1. The van der Waals surface area contributed by atoms with E-state index in [9.17, 15) is 4.79 Å². The summed E-state index contributed by atoms with van der Waals surface area (Å²) in [6, 6.07) is 3.10. The van der Waals surface area contributed by atoms with E-state index in [0.29, 0.717) is 5.02 Å². The minimum Gasteiger partial charge on any atom is -0.355 e. The standard InChI is InChI=1S/C18H19ClN6O/c1-13(25-7-4-14(19)8-18(25)26)24-11-16(21-12-24)15-9-20-10-17(22-15)23-5-2-3-6-23/h4,7-13H,2-3,5-6H2,1H3. The summed E-state index contributed by atoms with van der Waals surface area (Å²) in [5, 5.41) is 0.429. The SMILES string of the molecule is CC(n1cnc(-c2cncc(N3CCCC3)n2)c1)n1ccc(Cl)cc1=O. The Labute approximate surface area is 155 Å². The van der Waals surface area contributed by atoms with Crippen molar-refractivity contribution in [1.29, 1.82) is 0 Å². The van der Waals surface area contributed by atoms with Gasteiger partial charge >= 0.3 is 0 Å². The normalized spacial score (nSPS) is 15.4. The molecular formula is C18H19ClN6O. The third kappa shape index (κ3) is 3.22. The van der Waals surface area contributed by atoms with Gasteiger partial charge in [-0.1, -0.05) is 11.6 Å².